The van der Waals surface area contributed by atoms with Gasteiger partial charge in [-0.25, -0.2) is 4.79 Å². The number of carbonyl (C=O) groups is 1. The molecule has 8 heteroatoms. The van der Waals surface area contributed by atoms with Crippen LogP contribution in [0.2, 0.25) is 0 Å². The molecule has 31 heavy (non-hydrogen) atoms. The highest BCUT2D eigenvalue weighted by Crippen LogP contribution is 2.37. The maximum atomic E-state index is 12.3. The van der Waals surface area contributed by atoms with Crippen molar-refractivity contribution >= 4 is 28.0 Å². The van der Waals surface area contributed by atoms with Crippen LogP contribution in [-0.4, -0.2) is 24.6 Å². The summed E-state index contributed by atoms with van der Waals surface area (Å²) in [5, 5.41) is 10.5. The Hall–Kier alpha value is -3.65. The molecule has 0 amide bonds. The van der Waals surface area contributed by atoms with Gasteiger partial charge in [0.1, 0.15) is 5.75 Å². The maximum Gasteiger partial charge on any atom is 0.349 e. The fourth-order valence-corrected chi connectivity index (χ4v) is 3.28. The van der Waals surface area contributed by atoms with Crippen LogP contribution in [0, 0.1) is 10.1 Å². The van der Waals surface area contributed by atoms with Crippen LogP contribution in [0.1, 0.15) is 5.56 Å². The van der Waals surface area contributed by atoms with E-state index in [1.54, 1.807) is 18.2 Å². The Morgan fingerprint density at radius 1 is 1.06 bits per heavy atom. The van der Waals surface area contributed by atoms with E-state index in [9.17, 15) is 14.9 Å². The lowest BCUT2D eigenvalue weighted by atomic mass is 10.1. The lowest BCUT2D eigenvalue weighted by Crippen LogP contribution is -2.18. The van der Waals surface area contributed by atoms with E-state index in [4.69, 9.17) is 14.2 Å². The maximum absolute atomic E-state index is 12.3. The molecule has 0 aliphatic carbocycles. The second kappa shape index (κ2) is 10.4. The molecular formula is C23H18BrNO6. The van der Waals surface area contributed by atoms with E-state index in [2.05, 4.69) is 15.9 Å². The summed E-state index contributed by atoms with van der Waals surface area (Å²) < 4.78 is 16.5. The molecule has 3 aromatic carbocycles. The molecule has 0 N–H and O–H groups in total. The molecule has 0 saturated heterocycles. The van der Waals surface area contributed by atoms with Crippen molar-refractivity contribution in [3.8, 4) is 28.4 Å². The van der Waals surface area contributed by atoms with Crippen molar-refractivity contribution in [2.24, 2.45) is 0 Å². The number of nitrogens with zero attached hydrogens (tertiary/aromatic N) is 1. The number of hydrogen-bond donors (Lipinski definition) is 0. The van der Waals surface area contributed by atoms with Gasteiger partial charge in [-0.15, -0.1) is 0 Å². The molecule has 0 atom stereocenters. The molecule has 7 nitrogen and oxygen atoms in total. The Morgan fingerprint density at radius 2 is 1.74 bits per heavy atom. The summed E-state index contributed by atoms with van der Waals surface area (Å²) in [6.45, 7) is -0.302. The molecule has 0 aliphatic heterocycles. The van der Waals surface area contributed by atoms with Gasteiger partial charge in [0.2, 0.25) is 6.20 Å². The van der Waals surface area contributed by atoms with Gasteiger partial charge in [-0.1, -0.05) is 42.5 Å². The Balaban J connectivity index is 1.63. The number of nitro groups is 1. The molecule has 0 saturated carbocycles. The van der Waals surface area contributed by atoms with Gasteiger partial charge in [-0.2, -0.15) is 0 Å². The van der Waals surface area contributed by atoms with Crippen LogP contribution in [0.15, 0.2) is 77.4 Å². The molecule has 0 aliphatic rings. The lowest BCUT2D eigenvalue weighted by Gasteiger charge is -2.12. The van der Waals surface area contributed by atoms with Crippen molar-refractivity contribution < 1.29 is 23.9 Å². The first kappa shape index (κ1) is 22.0. The Labute approximate surface area is 187 Å². The highest BCUT2D eigenvalue weighted by molar-refractivity contribution is 9.10. The first-order chi connectivity index (χ1) is 15.0. The van der Waals surface area contributed by atoms with Crippen molar-refractivity contribution in [1.82, 2.24) is 0 Å². The molecule has 0 bridgehead atoms. The summed E-state index contributed by atoms with van der Waals surface area (Å²) in [5.74, 6) is 0.314. The number of rotatable bonds is 8. The Bertz CT molecular complexity index is 1100. The quantitative estimate of drug-likeness (QED) is 0.185. The van der Waals surface area contributed by atoms with Crippen LogP contribution >= 0.6 is 15.9 Å². The smallest absolute Gasteiger partial charge is 0.349 e. The molecule has 158 valence electrons. The summed E-state index contributed by atoms with van der Waals surface area (Å²) >= 11 is 3.30. The highest BCUT2D eigenvalue weighted by atomic mass is 79.9. The minimum absolute atomic E-state index is 0.161. The van der Waals surface area contributed by atoms with E-state index in [1.807, 2.05) is 42.5 Å². The SMILES string of the molecule is COc1cc(/C=C/[N+](=O)[O-])cc(Br)c1OC(=O)COc1ccc(-c2ccccc2)cc1. The third-order valence-corrected chi connectivity index (χ3v) is 4.76. The molecule has 0 aromatic heterocycles. The van der Waals surface area contributed by atoms with Gasteiger partial charge >= 0.3 is 5.97 Å². The van der Waals surface area contributed by atoms with E-state index >= 15 is 0 Å². The average Bonchev–Trinajstić information content (AvgIpc) is 2.78. The Kier molecular flexibility index (Phi) is 7.40. The van der Waals surface area contributed by atoms with Crippen LogP contribution < -0.4 is 14.2 Å². The minimum Gasteiger partial charge on any atom is -0.493 e. The molecule has 0 spiro atoms. The zero-order valence-electron chi connectivity index (χ0n) is 16.5. The lowest BCUT2D eigenvalue weighted by molar-refractivity contribution is -0.400. The highest BCUT2D eigenvalue weighted by Gasteiger charge is 2.16. The van der Waals surface area contributed by atoms with E-state index in [1.165, 1.54) is 19.3 Å². The van der Waals surface area contributed by atoms with Crippen molar-refractivity contribution in [3.05, 3.63) is 93.1 Å². The minimum atomic E-state index is -0.625. The first-order valence-corrected chi connectivity index (χ1v) is 9.94. The third-order valence-electron chi connectivity index (χ3n) is 4.17. The van der Waals surface area contributed by atoms with Crippen LogP contribution in [0.25, 0.3) is 17.2 Å². The molecule has 3 rings (SSSR count). The van der Waals surface area contributed by atoms with Gasteiger partial charge in [0.25, 0.3) is 0 Å². The van der Waals surface area contributed by atoms with Gasteiger partial charge < -0.3 is 14.2 Å². The zero-order valence-corrected chi connectivity index (χ0v) is 18.1. The van der Waals surface area contributed by atoms with Gasteiger partial charge in [0.05, 0.1) is 16.5 Å². The largest absolute Gasteiger partial charge is 0.493 e. The molecule has 0 unspecified atom stereocenters. The summed E-state index contributed by atoms with van der Waals surface area (Å²) in [4.78, 5) is 22.2. The number of hydrogen-bond acceptors (Lipinski definition) is 6. The zero-order chi connectivity index (χ0) is 22.2. The fraction of sp³-hybridized carbons (Fsp3) is 0.0870. The Morgan fingerprint density at radius 3 is 2.39 bits per heavy atom. The number of halogens is 1. The van der Waals surface area contributed by atoms with Gasteiger partial charge in [-0.05, 0) is 56.9 Å². The summed E-state index contributed by atoms with van der Waals surface area (Å²) in [5.41, 5.74) is 2.63. The van der Waals surface area contributed by atoms with Crippen LogP contribution in [-0.2, 0) is 4.79 Å². The van der Waals surface area contributed by atoms with Gasteiger partial charge in [-0.3, -0.25) is 10.1 Å². The van der Waals surface area contributed by atoms with Crippen LogP contribution in [0.5, 0.6) is 17.2 Å². The molecule has 0 heterocycles. The van der Waals surface area contributed by atoms with E-state index in [0.29, 0.717) is 15.8 Å². The molecular weight excluding hydrogens is 466 g/mol. The number of ether oxygens (including phenoxy) is 3. The van der Waals surface area contributed by atoms with Gasteiger partial charge in [0, 0.05) is 6.08 Å². The van der Waals surface area contributed by atoms with Crippen LogP contribution in [0.4, 0.5) is 0 Å². The second-order valence-corrected chi connectivity index (χ2v) is 7.14. The molecule has 0 radical (unpaired) electrons. The van der Waals surface area contributed by atoms with Gasteiger partial charge in [0.15, 0.2) is 18.1 Å². The summed E-state index contributed by atoms with van der Waals surface area (Å²) in [6.07, 6.45) is 2.12. The second-order valence-electron chi connectivity index (χ2n) is 6.29. The molecule has 0 fully saturated rings. The first-order valence-electron chi connectivity index (χ1n) is 9.14. The van der Waals surface area contributed by atoms with Crippen molar-refractivity contribution in [1.29, 1.82) is 0 Å². The normalized spacial score (nSPS) is 10.6. The number of esters is 1. The monoisotopic (exact) mass is 483 g/mol. The van der Waals surface area contributed by atoms with Crippen LogP contribution in [0.3, 0.4) is 0 Å². The van der Waals surface area contributed by atoms with E-state index < -0.39 is 10.9 Å². The van der Waals surface area contributed by atoms with Crippen molar-refractivity contribution in [3.63, 3.8) is 0 Å². The number of carbonyl (C=O) groups excluding carboxylic acids is 1. The standard InChI is InChI=1S/C23H18BrNO6/c1-29-21-14-16(11-12-25(27)28)13-20(24)23(21)31-22(26)15-30-19-9-7-18(8-10-19)17-5-3-2-4-6-17/h2-14H,15H2,1H3/b12-11+. The number of benzene rings is 3. The van der Waals surface area contributed by atoms with E-state index in [0.717, 1.165) is 17.3 Å². The summed E-state index contributed by atoms with van der Waals surface area (Å²) in [6, 6.07) is 20.4. The van der Waals surface area contributed by atoms with Crippen molar-refractivity contribution in [2.75, 3.05) is 13.7 Å². The number of methoxy groups -OCH3 is 1. The predicted octanol–water partition coefficient (Wildman–Crippen LogP) is 5.36. The third kappa shape index (κ3) is 6.16. The van der Waals surface area contributed by atoms with Crippen molar-refractivity contribution in [2.45, 2.75) is 0 Å². The van der Waals surface area contributed by atoms with E-state index in [-0.39, 0.29) is 18.1 Å². The fourth-order valence-electron chi connectivity index (χ4n) is 2.74. The summed E-state index contributed by atoms with van der Waals surface area (Å²) in [7, 11) is 1.41. The topological polar surface area (TPSA) is 87.9 Å². The predicted molar refractivity (Wildman–Crippen MR) is 120 cm³/mol. The molecule has 3 aromatic rings. The average molecular weight is 484 g/mol.